The van der Waals surface area contributed by atoms with Gasteiger partial charge in [-0.25, -0.2) is 11.0 Å². The molecule has 0 bridgehead atoms. The number of carbonyl (C=O) groups is 2. The number of amides is 2. The minimum Gasteiger partial charge on any atom is -0.305 e. The fourth-order valence-electron chi connectivity index (χ4n) is 3.09. The molecule has 0 heterocycles. The van der Waals surface area contributed by atoms with Crippen molar-refractivity contribution in [2.75, 3.05) is 14.1 Å². The van der Waals surface area contributed by atoms with Crippen LogP contribution in [0.2, 0.25) is 0 Å². The first-order valence-corrected chi connectivity index (χ1v) is 9.10. The van der Waals surface area contributed by atoms with Crippen LogP contribution in [0.1, 0.15) is 31.8 Å². The van der Waals surface area contributed by atoms with Crippen LogP contribution in [0.5, 0.6) is 0 Å². The Morgan fingerprint density at radius 1 is 0.966 bits per heavy atom. The van der Waals surface area contributed by atoms with Gasteiger partial charge in [-0.05, 0) is 66.3 Å². The first-order valence-electron chi connectivity index (χ1n) is 9.10. The molecule has 0 aliphatic rings. The third kappa shape index (κ3) is 5.17. The zero-order chi connectivity index (χ0) is 20.8. The third-order valence-electron chi connectivity index (χ3n) is 4.41. The summed E-state index contributed by atoms with van der Waals surface area (Å²) in [6.07, 6.45) is 0. The summed E-state index contributed by atoms with van der Waals surface area (Å²) in [5, 5.41) is 10.9. The van der Waals surface area contributed by atoms with E-state index in [9.17, 15) is 9.59 Å². The van der Waals surface area contributed by atoms with Crippen molar-refractivity contribution in [3.8, 4) is 0 Å². The van der Waals surface area contributed by atoms with Crippen LogP contribution < -0.4 is 11.0 Å². The van der Waals surface area contributed by atoms with Gasteiger partial charge in [0.15, 0.2) is 0 Å². The lowest BCUT2D eigenvalue weighted by Gasteiger charge is -2.15. The average Bonchev–Trinajstić information content (AvgIpc) is 2.73. The predicted octanol–water partition coefficient (Wildman–Crippen LogP) is 2.88. The van der Waals surface area contributed by atoms with Crippen molar-refractivity contribution in [1.82, 2.24) is 15.9 Å². The van der Waals surface area contributed by atoms with Gasteiger partial charge >= 0.3 is 0 Å². The standard InChI is InChI=1S/C22H23N3O4/c1-25(2)13-19-12-15(11-18-5-3-4-6-20(18)19)14-29-24-22(27)17-9-7-16(8-10-17)21(26)23-28/h3-12,28H,13-14H2,1-2H3,(H,23,26)(H,24,27). The van der Waals surface area contributed by atoms with Gasteiger partial charge in [0.2, 0.25) is 0 Å². The van der Waals surface area contributed by atoms with Crippen molar-refractivity contribution in [2.24, 2.45) is 0 Å². The van der Waals surface area contributed by atoms with Gasteiger partial charge in [0.1, 0.15) is 0 Å². The van der Waals surface area contributed by atoms with E-state index in [1.165, 1.54) is 35.2 Å². The summed E-state index contributed by atoms with van der Waals surface area (Å²) in [6.45, 7) is 1.02. The molecule has 0 saturated carbocycles. The van der Waals surface area contributed by atoms with E-state index in [0.717, 1.165) is 17.5 Å². The maximum atomic E-state index is 12.2. The van der Waals surface area contributed by atoms with Crippen LogP contribution in [0.4, 0.5) is 0 Å². The number of carbonyl (C=O) groups excluding carboxylic acids is 2. The van der Waals surface area contributed by atoms with Gasteiger partial charge in [0.25, 0.3) is 11.8 Å². The molecule has 0 radical (unpaired) electrons. The second kappa shape index (κ2) is 9.29. The number of nitrogens with zero attached hydrogens (tertiary/aromatic N) is 1. The van der Waals surface area contributed by atoms with E-state index in [0.29, 0.717) is 5.56 Å². The third-order valence-corrected chi connectivity index (χ3v) is 4.41. The number of nitrogens with one attached hydrogen (secondary N) is 2. The number of benzene rings is 3. The van der Waals surface area contributed by atoms with Crippen LogP contribution in [0.15, 0.2) is 60.7 Å². The number of hydrogen-bond donors (Lipinski definition) is 3. The Balaban J connectivity index is 1.66. The average molecular weight is 393 g/mol. The Bertz CT molecular complexity index is 1020. The van der Waals surface area contributed by atoms with E-state index in [-0.39, 0.29) is 12.2 Å². The topological polar surface area (TPSA) is 90.9 Å². The van der Waals surface area contributed by atoms with Gasteiger partial charge in [-0.2, -0.15) is 0 Å². The van der Waals surface area contributed by atoms with E-state index >= 15 is 0 Å². The van der Waals surface area contributed by atoms with Crippen molar-refractivity contribution >= 4 is 22.6 Å². The summed E-state index contributed by atoms with van der Waals surface area (Å²) in [5.74, 6) is -1.06. The molecule has 29 heavy (non-hydrogen) atoms. The molecule has 0 unspecified atom stereocenters. The quantitative estimate of drug-likeness (QED) is 0.424. The van der Waals surface area contributed by atoms with E-state index < -0.39 is 11.8 Å². The summed E-state index contributed by atoms with van der Waals surface area (Å²) in [6, 6.07) is 18.1. The van der Waals surface area contributed by atoms with Crippen molar-refractivity contribution in [1.29, 1.82) is 0 Å². The fraction of sp³-hybridized carbons (Fsp3) is 0.182. The lowest BCUT2D eigenvalue weighted by molar-refractivity contribution is 0.0233. The predicted molar refractivity (Wildman–Crippen MR) is 109 cm³/mol. The van der Waals surface area contributed by atoms with Crippen molar-refractivity contribution in [3.05, 3.63) is 82.9 Å². The Labute approximate surface area is 168 Å². The molecule has 0 atom stereocenters. The Kier molecular flexibility index (Phi) is 6.56. The van der Waals surface area contributed by atoms with Crippen LogP contribution in [0.25, 0.3) is 10.8 Å². The molecular weight excluding hydrogens is 370 g/mol. The number of hydrogen-bond acceptors (Lipinski definition) is 5. The molecule has 3 N–H and O–H groups in total. The van der Waals surface area contributed by atoms with Gasteiger partial charge < -0.3 is 4.90 Å². The molecule has 0 fully saturated rings. The smallest absolute Gasteiger partial charge is 0.274 e. The van der Waals surface area contributed by atoms with Crippen molar-refractivity contribution in [2.45, 2.75) is 13.2 Å². The van der Waals surface area contributed by atoms with E-state index in [2.05, 4.69) is 28.6 Å². The maximum absolute atomic E-state index is 12.2. The minimum atomic E-state index is -0.641. The van der Waals surface area contributed by atoms with Crippen LogP contribution in [0.3, 0.4) is 0 Å². The first kappa shape index (κ1) is 20.5. The second-order valence-corrected chi connectivity index (χ2v) is 6.95. The molecule has 3 aromatic rings. The monoisotopic (exact) mass is 393 g/mol. The highest BCUT2D eigenvalue weighted by Crippen LogP contribution is 2.22. The van der Waals surface area contributed by atoms with Crippen LogP contribution in [-0.4, -0.2) is 36.0 Å². The molecule has 0 aliphatic carbocycles. The van der Waals surface area contributed by atoms with Crippen LogP contribution in [-0.2, 0) is 18.0 Å². The second-order valence-electron chi connectivity index (χ2n) is 6.95. The summed E-state index contributed by atoms with van der Waals surface area (Å²) >= 11 is 0. The normalized spacial score (nSPS) is 10.9. The highest BCUT2D eigenvalue weighted by molar-refractivity contribution is 5.97. The SMILES string of the molecule is CN(C)Cc1cc(CONC(=O)c2ccc(C(=O)NO)cc2)cc2ccccc12. The molecule has 2 amide bonds. The number of hydroxylamine groups is 2. The highest BCUT2D eigenvalue weighted by atomic mass is 16.6. The molecule has 3 aromatic carbocycles. The molecule has 0 spiro atoms. The molecule has 0 aliphatic heterocycles. The van der Waals surface area contributed by atoms with Crippen LogP contribution >= 0.6 is 0 Å². The molecule has 0 aromatic heterocycles. The van der Waals surface area contributed by atoms with Gasteiger partial charge in [0.05, 0.1) is 6.61 Å². The Hall–Kier alpha value is -3.26. The van der Waals surface area contributed by atoms with E-state index in [1.807, 2.05) is 32.3 Å². The zero-order valence-corrected chi connectivity index (χ0v) is 16.3. The molecule has 0 saturated heterocycles. The van der Waals surface area contributed by atoms with E-state index in [4.69, 9.17) is 10.0 Å². The van der Waals surface area contributed by atoms with Gasteiger partial charge in [-0.15, -0.1) is 0 Å². The maximum Gasteiger partial charge on any atom is 0.274 e. The fourth-order valence-corrected chi connectivity index (χ4v) is 3.09. The lowest BCUT2D eigenvalue weighted by Crippen LogP contribution is -2.24. The molecule has 7 nitrogen and oxygen atoms in total. The first-order chi connectivity index (χ1) is 14.0. The zero-order valence-electron chi connectivity index (χ0n) is 16.3. The lowest BCUT2D eigenvalue weighted by atomic mass is 10.0. The summed E-state index contributed by atoms with van der Waals surface area (Å²) in [5.41, 5.74) is 6.69. The summed E-state index contributed by atoms with van der Waals surface area (Å²) in [7, 11) is 4.04. The van der Waals surface area contributed by atoms with Gasteiger partial charge in [-0.3, -0.25) is 19.6 Å². The summed E-state index contributed by atoms with van der Waals surface area (Å²) < 4.78 is 0. The minimum absolute atomic E-state index is 0.224. The number of rotatable bonds is 7. The molecule has 150 valence electrons. The largest absolute Gasteiger partial charge is 0.305 e. The van der Waals surface area contributed by atoms with Gasteiger partial charge in [-0.1, -0.05) is 30.3 Å². The molecule has 3 rings (SSSR count). The molecular formula is C22H23N3O4. The molecule has 7 heteroatoms. The Morgan fingerprint density at radius 2 is 1.62 bits per heavy atom. The summed E-state index contributed by atoms with van der Waals surface area (Å²) in [4.78, 5) is 31.1. The number of fused-ring (bicyclic) bond motifs is 1. The van der Waals surface area contributed by atoms with E-state index in [1.54, 1.807) is 5.48 Å². The Morgan fingerprint density at radius 3 is 2.28 bits per heavy atom. The van der Waals surface area contributed by atoms with Crippen molar-refractivity contribution in [3.63, 3.8) is 0 Å². The highest BCUT2D eigenvalue weighted by Gasteiger charge is 2.10. The van der Waals surface area contributed by atoms with Crippen molar-refractivity contribution < 1.29 is 19.6 Å². The van der Waals surface area contributed by atoms with Crippen LogP contribution in [0, 0.1) is 0 Å². The van der Waals surface area contributed by atoms with Gasteiger partial charge in [0, 0.05) is 17.7 Å².